The highest BCUT2D eigenvalue weighted by atomic mass is 19.4. The van der Waals surface area contributed by atoms with Crippen molar-refractivity contribution in [2.45, 2.75) is 32.5 Å². The van der Waals surface area contributed by atoms with Gasteiger partial charge in [0.25, 0.3) is 0 Å². The Morgan fingerprint density at radius 2 is 1.89 bits per heavy atom. The van der Waals surface area contributed by atoms with E-state index in [0.29, 0.717) is 18.9 Å². The number of alkyl halides is 3. The summed E-state index contributed by atoms with van der Waals surface area (Å²) in [6.45, 7) is 5.99. The van der Waals surface area contributed by atoms with Crippen LogP contribution in [0.15, 0.2) is 18.3 Å². The molecule has 0 aliphatic rings. The summed E-state index contributed by atoms with van der Waals surface area (Å²) in [6.07, 6.45) is -3.57. The number of aromatic nitrogens is 1. The van der Waals surface area contributed by atoms with Gasteiger partial charge in [0.1, 0.15) is 5.82 Å². The molecule has 18 heavy (non-hydrogen) atoms. The SMILES string of the molecule is CCN(CC(C)(C)O)c1ccc(C(F)(F)F)cn1. The van der Waals surface area contributed by atoms with Crippen LogP contribution in [0, 0.1) is 0 Å². The van der Waals surface area contributed by atoms with E-state index in [4.69, 9.17) is 0 Å². The predicted octanol–water partition coefficient (Wildman–Crippen LogP) is 2.70. The van der Waals surface area contributed by atoms with Crippen LogP contribution >= 0.6 is 0 Å². The average Bonchev–Trinajstić information content (AvgIpc) is 2.24. The van der Waals surface area contributed by atoms with Gasteiger partial charge in [0.15, 0.2) is 0 Å². The van der Waals surface area contributed by atoms with Crippen molar-refractivity contribution in [3.05, 3.63) is 23.9 Å². The molecule has 0 spiro atoms. The molecule has 1 rings (SSSR count). The third kappa shape index (κ3) is 4.18. The maximum atomic E-state index is 12.4. The molecule has 1 aromatic rings. The largest absolute Gasteiger partial charge is 0.417 e. The second-order valence-electron chi connectivity index (χ2n) is 4.73. The van der Waals surface area contributed by atoms with Gasteiger partial charge in [0.2, 0.25) is 0 Å². The third-order valence-electron chi connectivity index (χ3n) is 2.36. The predicted molar refractivity (Wildman–Crippen MR) is 63.4 cm³/mol. The van der Waals surface area contributed by atoms with Gasteiger partial charge in [0.05, 0.1) is 11.2 Å². The Kier molecular flexibility index (Phi) is 4.21. The molecule has 0 atom stereocenters. The van der Waals surface area contributed by atoms with E-state index in [1.807, 2.05) is 6.92 Å². The second-order valence-corrected chi connectivity index (χ2v) is 4.73. The van der Waals surface area contributed by atoms with Crippen molar-refractivity contribution in [1.29, 1.82) is 0 Å². The van der Waals surface area contributed by atoms with Gasteiger partial charge in [-0.1, -0.05) is 0 Å². The van der Waals surface area contributed by atoms with E-state index in [1.165, 1.54) is 6.07 Å². The van der Waals surface area contributed by atoms with E-state index in [0.717, 1.165) is 12.3 Å². The Labute approximate surface area is 104 Å². The first kappa shape index (κ1) is 14.8. The molecule has 0 aliphatic carbocycles. The van der Waals surface area contributed by atoms with Crippen molar-refractivity contribution in [3.8, 4) is 0 Å². The average molecular weight is 262 g/mol. The lowest BCUT2D eigenvalue weighted by molar-refractivity contribution is -0.137. The van der Waals surface area contributed by atoms with Gasteiger partial charge < -0.3 is 10.0 Å². The van der Waals surface area contributed by atoms with E-state index in [-0.39, 0.29) is 0 Å². The first-order valence-corrected chi connectivity index (χ1v) is 5.64. The molecule has 0 saturated heterocycles. The van der Waals surface area contributed by atoms with Crippen LogP contribution in [0.5, 0.6) is 0 Å². The Morgan fingerprint density at radius 3 is 2.22 bits per heavy atom. The number of pyridine rings is 1. The molecule has 0 amide bonds. The van der Waals surface area contributed by atoms with Crippen molar-refractivity contribution in [3.63, 3.8) is 0 Å². The molecule has 3 nitrogen and oxygen atoms in total. The quantitative estimate of drug-likeness (QED) is 0.906. The zero-order valence-electron chi connectivity index (χ0n) is 10.6. The van der Waals surface area contributed by atoms with Crippen molar-refractivity contribution < 1.29 is 18.3 Å². The Hall–Kier alpha value is -1.30. The van der Waals surface area contributed by atoms with E-state index in [1.54, 1.807) is 18.7 Å². The highest BCUT2D eigenvalue weighted by Gasteiger charge is 2.31. The topological polar surface area (TPSA) is 36.4 Å². The minimum Gasteiger partial charge on any atom is -0.389 e. The summed E-state index contributed by atoms with van der Waals surface area (Å²) >= 11 is 0. The van der Waals surface area contributed by atoms with Gasteiger partial charge in [-0.15, -0.1) is 0 Å². The van der Waals surface area contributed by atoms with Crippen molar-refractivity contribution >= 4 is 5.82 Å². The summed E-state index contributed by atoms with van der Waals surface area (Å²) in [7, 11) is 0. The molecule has 0 saturated carbocycles. The Morgan fingerprint density at radius 1 is 1.28 bits per heavy atom. The minimum atomic E-state index is -4.38. The van der Waals surface area contributed by atoms with Gasteiger partial charge in [-0.2, -0.15) is 13.2 Å². The highest BCUT2D eigenvalue weighted by molar-refractivity contribution is 5.40. The van der Waals surface area contributed by atoms with Crippen LogP contribution in [0.25, 0.3) is 0 Å². The third-order valence-corrected chi connectivity index (χ3v) is 2.36. The van der Waals surface area contributed by atoms with Crippen LogP contribution in [0.3, 0.4) is 0 Å². The molecule has 102 valence electrons. The molecule has 0 radical (unpaired) electrons. The smallest absolute Gasteiger partial charge is 0.389 e. The maximum Gasteiger partial charge on any atom is 0.417 e. The molecule has 1 heterocycles. The second kappa shape index (κ2) is 5.14. The lowest BCUT2D eigenvalue weighted by Gasteiger charge is -2.29. The summed E-state index contributed by atoms with van der Waals surface area (Å²) in [4.78, 5) is 5.52. The van der Waals surface area contributed by atoms with Gasteiger partial charge >= 0.3 is 6.18 Å². The monoisotopic (exact) mass is 262 g/mol. The van der Waals surface area contributed by atoms with Crippen molar-refractivity contribution in [1.82, 2.24) is 4.98 Å². The standard InChI is InChI=1S/C12H17F3N2O/c1-4-17(8-11(2,3)18)10-6-5-9(7-16-10)12(13,14)15/h5-7,18H,4,8H2,1-3H3. The molecule has 0 fully saturated rings. The summed E-state index contributed by atoms with van der Waals surface area (Å²) in [5, 5.41) is 9.71. The number of likely N-dealkylation sites (N-methyl/N-ethyl adjacent to an activating group) is 1. The Balaban J connectivity index is 2.89. The number of aliphatic hydroxyl groups is 1. The maximum absolute atomic E-state index is 12.4. The van der Waals surface area contributed by atoms with Crippen LogP contribution in [-0.4, -0.2) is 28.8 Å². The fourth-order valence-electron chi connectivity index (χ4n) is 1.56. The van der Waals surface area contributed by atoms with E-state index >= 15 is 0 Å². The molecule has 6 heteroatoms. The first-order valence-electron chi connectivity index (χ1n) is 5.64. The zero-order valence-corrected chi connectivity index (χ0v) is 10.6. The summed E-state index contributed by atoms with van der Waals surface area (Å²) in [6, 6.07) is 2.31. The van der Waals surface area contributed by atoms with Crippen LogP contribution in [0.4, 0.5) is 19.0 Å². The lowest BCUT2D eigenvalue weighted by atomic mass is 10.1. The number of anilines is 1. The molecule has 1 N–H and O–H groups in total. The van der Waals surface area contributed by atoms with E-state index in [9.17, 15) is 18.3 Å². The minimum absolute atomic E-state index is 0.307. The summed E-state index contributed by atoms with van der Waals surface area (Å²) < 4.78 is 37.1. The number of hydrogen-bond donors (Lipinski definition) is 1. The van der Waals surface area contributed by atoms with Gasteiger partial charge in [-0.3, -0.25) is 0 Å². The van der Waals surface area contributed by atoms with E-state index in [2.05, 4.69) is 4.98 Å². The molecule has 0 unspecified atom stereocenters. The molecular weight excluding hydrogens is 245 g/mol. The zero-order chi connectivity index (χ0) is 14.0. The molecule has 1 aromatic heterocycles. The molecular formula is C12H17F3N2O. The normalized spacial score (nSPS) is 12.6. The number of halogens is 3. The van der Waals surface area contributed by atoms with E-state index < -0.39 is 17.3 Å². The lowest BCUT2D eigenvalue weighted by Crippen LogP contribution is -2.39. The summed E-state index contributed by atoms with van der Waals surface area (Å²) in [5.41, 5.74) is -1.70. The van der Waals surface area contributed by atoms with Crippen LogP contribution in [0.1, 0.15) is 26.3 Å². The molecule has 0 aliphatic heterocycles. The summed E-state index contributed by atoms with van der Waals surface area (Å²) in [5.74, 6) is 0.424. The van der Waals surface area contributed by atoms with Crippen LogP contribution in [-0.2, 0) is 6.18 Å². The number of hydrogen-bond acceptors (Lipinski definition) is 3. The molecule has 0 bridgehead atoms. The fraction of sp³-hybridized carbons (Fsp3) is 0.583. The van der Waals surface area contributed by atoms with Gasteiger partial charge in [0, 0.05) is 19.3 Å². The number of rotatable bonds is 4. The highest BCUT2D eigenvalue weighted by Crippen LogP contribution is 2.29. The fourth-order valence-corrected chi connectivity index (χ4v) is 1.56. The van der Waals surface area contributed by atoms with Crippen LogP contribution in [0.2, 0.25) is 0 Å². The van der Waals surface area contributed by atoms with Crippen LogP contribution < -0.4 is 4.90 Å². The number of nitrogens with zero attached hydrogens (tertiary/aromatic N) is 2. The molecule has 0 aromatic carbocycles. The van der Waals surface area contributed by atoms with Gasteiger partial charge in [-0.05, 0) is 32.9 Å². The Bertz CT molecular complexity index is 382. The van der Waals surface area contributed by atoms with Gasteiger partial charge in [-0.25, -0.2) is 4.98 Å². The van der Waals surface area contributed by atoms with Crippen molar-refractivity contribution in [2.24, 2.45) is 0 Å². The van der Waals surface area contributed by atoms with Crippen molar-refractivity contribution in [2.75, 3.05) is 18.0 Å². The first-order chi connectivity index (χ1) is 8.13.